The number of anilines is 1. The summed E-state index contributed by atoms with van der Waals surface area (Å²) < 4.78 is 81.5. The van der Waals surface area contributed by atoms with E-state index in [4.69, 9.17) is 0 Å². The number of sulfone groups is 2. The second-order valence-electron chi connectivity index (χ2n) is 4.61. The van der Waals surface area contributed by atoms with E-state index < -0.39 is 36.1 Å². The van der Waals surface area contributed by atoms with Crippen LogP contribution in [0.25, 0.3) is 0 Å². The average molecular weight is 345 g/mol. The molecule has 1 aromatic carbocycles. The van der Waals surface area contributed by atoms with Crippen molar-refractivity contribution in [1.29, 1.82) is 0 Å². The summed E-state index contributed by atoms with van der Waals surface area (Å²) in [6, 6.07) is 3.47. The minimum Gasteiger partial charge on any atom is -0.382 e. The molecule has 120 valence electrons. The molecular formula is C11H14F3NO4S2. The first-order valence-corrected chi connectivity index (χ1v) is 9.23. The van der Waals surface area contributed by atoms with E-state index in [0.717, 1.165) is 30.5 Å². The number of nitrogens with one attached hydrogen (secondary N) is 1. The van der Waals surface area contributed by atoms with E-state index in [1.807, 2.05) is 0 Å². The van der Waals surface area contributed by atoms with Crippen LogP contribution in [-0.2, 0) is 19.7 Å². The number of benzene rings is 1. The highest BCUT2D eigenvalue weighted by Crippen LogP contribution is 2.30. The second-order valence-corrected chi connectivity index (χ2v) is 8.74. The van der Waals surface area contributed by atoms with Gasteiger partial charge < -0.3 is 5.32 Å². The molecule has 1 atom stereocenters. The lowest BCUT2D eigenvalue weighted by Crippen LogP contribution is -2.25. The molecule has 0 aliphatic rings. The average Bonchev–Trinajstić information content (AvgIpc) is 2.25. The van der Waals surface area contributed by atoms with Crippen LogP contribution >= 0.6 is 0 Å². The van der Waals surface area contributed by atoms with Crippen LogP contribution in [0.1, 0.15) is 6.92 Å². The molecule has 0 spiro atoms. The summed E-state index contributed by atoms with van der Waals surface area (Å²) in [6.07, 6.45) is 1.06. The van der Waals surface area contributed by atoms with Gasteiger partial charge in [0, 0.05) is 18.0 Å². The fraction of sp³-hybridized carbons (Fsp3) is 0.455. The van der Waals surface area contributed by atoms with Gasteiger partial charge in [0.1, 0.15) is 9.84 Å². The van der Waals surface area contributed by atoms with Gasteiger partial charge in [-0.3, -0.25) is 0 Å². The summed E-state index contributed by atoms with van der Waals surface area (Å²) in [7, 11) is -8.58. The normalized spacial score (nSPS) is 14.7. The van der Waals surface area contributed by atoms with Gasteiger partial charge in [0.15, 0.2) is 0 Å². The molecule has 1 rings (SSSR count). The first-order chi connectivity index (χ1) is 9.33. The largest absolute Gasteiger partial charge is 0.501 e. The van der Waals surface area contributed by atoms with Gasteiger partial charge in [-0.2, -0.15) is 13.2 Å². The molecule has 1 aromatic rings. The van der Waals surface area contributed by atoms with Gasteiger partial charge in [-0.15, -0.1) is 0 Å². The van der Waals surface area contributed by atoms with Crippen LogP contribution in [0.15, 0.2) is 29.2 Å². The molecule has 0 fully saturated rings. The minimum atomic E-state index is -5.37. The highest BCUT2D eigenvalue weighted by Gasteiger charge is 2.46. The Bertz CT molecular complexity index is 694. The van der Waals surface area contributed by atoms with Crippen LogP contribution in [-0.4, -0.2) is 40.4 Å². The summed E-state index contributed by atoms with van der Waals surface area (Å²) in [6.45, 7) is 1.58. The Kier molecular flexibility index (Phi) is 4.94. The minimum absolute atomic E-state index is 0.157. The van der Waals surface area contributed by atoms with E-state index in [9.17, 15) is 30.0 Å². The molecule has 0 bridgehead atoms. The SMILES string of the molecule is CC(CS(C)(=O)=O)Nc1ccc(S(=O)(=O)C(F)(F)F)cc1. The maximum atomic E-state index is 12.3. The van der Waals surface area contributed by atoms with Crippen molar-refractivity contribution in [2.45, 2.75) is 23.4 Å². The molecule has 0 amide bonds. The second kappa shape index (κ2) is 5.84. The van der Waals surface area contributed by atoms with Gasteiger partial charge >= 0.3 is 5.51 Å². The van der Waals surface area contributed by atoms with Crippen molar-refractivity contribution in [2.24, 2.45) is 0 Å². The molecule has 21 heavy (non-hydrogen) atoms. The summed E-state index contributed by atoms with van der Waals surface area (Å²) in [5.74, 6) is -0.157. The van der Waals surface area contributed by atoms with Gasteiger partial charge in [-0.05, 0) is 31.2 Å². The maximum Gasteiger partial charge on any atom is 0.501 e. The number of alkyl halides is 3. The Morgan fingerprint density at radius 3 is 1.95 bits per heavy atom. The lowest BCUT2D eigenvalue weighted by molar-refractivity contribution is -0.0436. The van der Waals surface area contributed by atoms with Gasteiger partial charge in [-0.25, -0.2) is 16.8 Å². The molecule has 1 N–H and O–H groups in total. The zero-order valence-corrected chi connectivity index (χ0v) is 12.8. The van der Waals surface area contributed by atoms with Crippen molar-refractivity contribution in [3.63, 3.8) is 0 Å². The topological polar surface area (TPSA) is 80.3 Å². The van der Waals surface area contributed by atoms with E-state index in [1.54, 1.807) is 6.92 Å². The van der Waals surface area contributed by atoms with Crippen molar-refractivity contribution in [1.82, 2.24) is 0 Å². The van der Waals surface area contributed by atoms with E-state index in [0.29, 0.717) is 5.69 Å². The third-order valence-electron chi connectivity index (χ3n) is 2.44. The third kappa shape index (κ3) is 4.88. The van der Waals surface area contributed by atoms with Gasteiger partial charge in [-0.1, -0.05) is 0 Å². The van der Waals surface area contributed by atoms with Crippen molar-refractivity contribution < 1.29 is 30.0 Å². The van der Waals surface area contributed by atoms with Crippen LogP contribution in [0.2, 0.25) is 0 Å². The summed E-state index contributed by atoms with van der Waals surface area (Å²) in [4.78, 5) is -0.865. The van der Waals surface area contributed by atoms with Crippen molar-refractivity contribution in [3.05, 3.63) is 24.3 Å². The molecule has 10 heteroatoms. The smallest absolute Gasteiger partial charge is 0.382 e. The van der Waals surface area contributed by atoms with Crippen LogP contribution in [0.3, 0.4) is 0 Å². The zero-order valence-electron chi connectivity index (χ0n) is 11.2. The fourth-order valence-electron chi connectivity index (χ4n) is 1.64. The van der Waals surface area contributed by atoms with E-state index in [1.165, 1.54) is 0 Å². The third-order valence-corrected chi connectivity index (χ3v) is 5.04. The summed E-state index contributed by atoms with van der Waals surface area (Å²) in [5.41, 5.74) is -5.03. The zero-order chi connectivity index (χ0) is 16.5. The Morgan fingerprint density at radius 2 is 1.57 bits per heavy atom. The van der Waals surface area contributed by atoms with Crippen LogP contribution < -0.4 is 5.32 Å². The summed E-state index contributed by atoms with van der Waals surface area (Å²) >= 11 is 0. The molecule has 0 saturated heterocycles. The quantitative estimate of drug-likeness (QED) is 0.880. The standard InChI is InChI=1S/C11H14F3NO4S2/c1-8(7-20(2,16)17)15-9-3-5-10(6-4-9)21(18,19)11(12,13)14/h3-6,8,15H,7H2,1-2H3. The first-order valence-electron chi connectivity index (χ1n) is 5.68. The predicted molar refractivity (Wildman–Crippen MR) is 72.5 cm³/mol. The van der Waals surface area contributed by atoms with Gasteiger partial charge in [0.05, 0.1) is 10.6 Å². The Labute approximate surface area is 121 Å². The summed E-state index contributed by atoms with van der Waals surface area (Å²) in [5, 5.41) is 2.76. The first kappa shape index (κ1) is 17.8. The molecular weight excluding hydrogens is 331 g/mol. The maximum absolute atomic E-state index is 12.3. The van der Waals surface area contributed by atoms with E-state index in [2.05, 4.69) is 5.32 Å². The molecule has 0 aliphatic carbocycles. The highest BCUT2D eigenvalue weighted by atomic mass is 32.2. The highest BCUT2D eigenvalue weighted by molar-refractivity contribution is 7.92. The number of rotatable bonds is 5. The molecule has 0 aromatic heterocycles. The van der Waals surface area contributed by atoms with Crippen LogP contribution in [0, 0.1) is 0 Å². The fourth-order valence-corrected chi connectivity index (χ4v) is 3.40. The van der Waals surface area contributed by atoms with E-state index in [-0.39, 0.29) is 5.75 Å². The Morgan fingerprint density at radius 1 is 1.10 bits per heavy atom. The van der Waals surface area contributed by atoms with E-state index >= 15 is 0 Å². The molecule has 0 radical (unpaired) electrons. The lowest BCUT2D eigenvalue weighted by atomic mass is 10.3. The molecule has 5 nitrogen and oxygen atoms in total. The van der Waals surface area contributed by atoms with Gasteiger partial charge in [0.25, 0.3) is 9.84 Å². The number of halogens is 3. The van der Waals surface area contributed by atoms with Crippen molar-refractivity contribution in [3.8, 4) is 0 Å². The number of hydrogen-bond acceptors (Lipinski definition) is 5. The Hall–Kier alpha value is -1.29. The monoisotopic (exact) mass is 345 g/mol. The lowest BCUT2D eigenvalue weighted by Gasteiger charge is -2.15. The molecule has 0 aliphatic heterocycles. The predicted octanol–water partition coefficient (Wildman–Crippen LogP) is 1.83. The Balaban J connectivity index is 2.90. The van der Waals surface area contributed by atoms with Crippen LogP contribution in [0.5, 0.6) is 0 Å². The van der Waals surface area contributed by atoms with Gasteiger partial charge in [0.2, 0.25) is 0 Å². The molecule has 1 unspecified atom stereocenters. The molecule has 0 saturated carbocycles. The van der Waals surface area contributed by atoms with Crippen LogP contribution in [0.4, 0.5) is 18.9 Å². The van der Waals surface area contributed by atoms with Crippen molar-refractivity contribution in [2.75, 3.05) is 17.3 Å². The van der Waals surface area contributed by atoms with Crippen molar-refractivity contribution >= 4 is 25.4 Å². The number of hydrogen-bond donors (Lipinski definition) is 1. The molecule has 0 heterocycles.